The molecule has 4 aromatic carbocycles. The fourth-order valence-electron chi connectivity index (χ4n) is 6.24. The molecule has 6 rings (SSSR count). The van der Waals surface area contributed by atoms with Crippen molar-refractivity contribution >= 4 is 35.2 Å². The Labute approximate surface area is 378 Å². The van der Waals surface area contributed by atoms with Crippen LogP contribution < -0.4 is 14.5 Å². The summed E-state index contributed by atoms with van der Waals surface area (Å²) in [6.45, 7) is 11.3. The van der Waals surface area contributed by atoms with Crippen LogP contribution in [0.3, 0.4) is 0 Å². The first-order valence-electron chi connectivity index (χ1n) is 19.4. The number of aromatic hydroxyl groups is 1. The quantitative estimate of drug-likeness (QED) is 0.162. The molecule has 0 aliphatic carbocycles. The van der Waals surface area contributed by atoms with E-state index in [-0.39, 0.29) is 48.3 Å². The topological polar surface area (TPSA) is 88.5 Å². The first-order valence-corrected chi connectivity index (χ1v) is 19.9. The van der Waals surface area contributed by atoms with E-state index in [0.717, 1.165) is 23.2 Å². The van der Waals surface area contributed by atoms with E-state index in [9.17, 15) is 67.4 Å². The van der Waals surface area contributed by atoms with Crippen LogP contribution >= 0.6 is 11.6 Å². The second-order valence-corrected chi connectivity index (χ2v) is 16.9. The molecule has 8 nitrogen and oxygen atoms in total. The zero-order valence-corrected chi connectivity index (χ0v) is 36.2. The molecule has 4 aromatic rings. The highest BCUT2D eigenvalue weighted by molar-refractivity contribution is 6.17. The predicted molar refractivity (Wildman–Crippen MR) is 223 cm³/mol. The Bertz CT molecular complexity index is 2270. The Morgan fingerprint density at radius 1 is 0.561 bits per heavy atom. The molecular weight excluding hydrogens is 928 g/mol. The lowest BCUT2D eigenvalue weighted by Crippen LogP contribution is -2.35. The molecule has 0 radical (unpaired) electrons. The number of rotatable bonds is 4. The summed E-state index contributed by atoms with van der Waals surface area (Å²) in [4.78, 5) is 27.4. The van der Waals surface area contributed by atoms with Gasteiger partial charge in [0.1, 0.15) is 29.3 Å². The number of anilines is 2. The standard InChI is InChI=1S/C22H21F6NO3.C13H17NO3.C9H5ClF6.CH4/c1-20(2,3)32-19(30)29-7-6-14-10-17(4-5-18(14)29)31-12-13-8-15(21(23,24)25)11-16(9-13)22(26,27)28;1-13(2,3)17-12(16)14-7-6-9-8-10(15)4-5-11(9)14;10-4-5-1-6(8(11,12)13)3-7(2-5)9(14,15)16;/h4-5,8-11H,6-7,12H2,1-3H3;4-5,8,15H,6-7H2,1-3H3;1-3H,4H2;1H4. The molecule has 0 spiro atoms. The summed E-state index contributed by atoms with van der Waals surface area (Å²) in [5.74, 6) is 0.0862. The van der Waals surface area contributed by atoms with Crippen LogP contribution in [0, 0.1) is 0 Å². The largest absolute Gasteiger partial charge is 0.508 e. The number of carbonyl (C=O) groups excluding carboxylic acids is 2. The first-order chi connectivity index (χ1) is 29.6. The Balaban J connectivity index is 0.000000287. The van der Waals surface area contributed by atoms with Gasteiger partial charge in [-0.2, -0.15) is 52.7 Å². The zero-order valence-electron chi connectivity index (χ0n) is 35.5. The van der Waals surface area contributed by atoms with E-state index in [2.05, 4.69) is 0 Å². The average molecular weight is 975 g/mol. The second kappa shape index (κ2) is 20.5. The van der Waals surface area contributed by atoms with Gasteiger partial charge in [-0.15, -0.1) is 11.6 Å². The number of carbonyl (C=O) groups is 2. The zero-order chi connectivity index (χ0) is 49.1. The number of nitrogens with zero attached hydrogens (tertiary/aromatic N) is 2. The molecule has 0 aromatic heterocycles. The minimum atomic E-state index is -4.92. The highest BCUT2D eigenvalue weighted by Crippen LogP contribution is 2.39. The third-order valence-corrected chi connectivity index (χ3v) is 9.30. The lowest BCUT2D eigenvalue weighted by molar-refractivity contribution is -0.144. The summed E-state index contributed by atoms with van der Waals surface area (Å²) in [6.07, 6.45) is -19.1. The summed E-state index contributed by atoms with van der Waals surface area (Å²) in [6, 6.07) is 12.3. The number of fused-ring (bicyclic) bond motifs is 2. The Morgan fingerprint density at radius 3 is 1.29 bits per heavy atom. The molecule has 1 N–H and O–H groups in total. The van der Waals surface area contributed by atoms with Crippen molar-refractivity contribution < 1.29 is 81.6 Å². The number of phenolic OH excluding ortho intramolecular Hbond substituents is 1. The van der Waals surface area contributed by atoms with E-state index >= 15 is 0 Å². The molecule has 364 valence electrons. The molecule has 66 heavy (non-hydrogen) atoms. The monoisotopic (exact) mass is 974 g/mol. The molecule has 0 atom stereocenters. The van der Waals surface area contributed by atoms with E-state index in [1.54, 1.807) is 56.0 Å². The van der Waals surface area contributed by atoms with Gasteiger partial charge in [0, 0.05) is 19.0 Å². The van der Waals surface area contributed by atoms with Crippen molar-refractivity contribution in [1.82, 2.24) is 0 Å². The predicted octanol–water partition coefficient (Wildman–Crippen LogP) is 14.4. The van der Waals surface area contributed by atoms with Crippen molar-refractivity contribution in [2.45, 2.75) is 110 Å². The lowest BCUT2D eigenvalue weighted by atomic mass is 10.1. The molecule has 2 aliphatic heterocycles. The molecule has 0 saturated heterocycles. The minimum Gasteiger partial charge on any atom is -0.508 e. The normalized spacial score (nSPS) is 13.9. The Hall–Kier alpha value is -5.53. The molecule has 2 heterocycles. The van der Waals surface area contributed by atoms with Gasteiger partial charge in [0.05, 0.1) is 33.6 Å². The Kier molecular flexibility index (Phi) is 17.1. The van der Waals surface area contributed by atoms with Gasteiger partial charge < -0.3 is 19.3 Å². The van der Waals surface area contributed by atoms with Crippen LogP contribution in [0.2, 0.25) is 0 Å². The van der Waals surface area contributed by atoms with Gasteiger partial charge in [0.25, 0.3) is 0 Å². The summed E-state index contributed by atoms with van der Waals surface area (Å²) in [5, 5.41) is 9.37. The maximum absolute atomic E-state index is 13.0. The van der Waals surface area contributed by atoms with Crippen molar-refractivity contribution in [3.05, 3.63) is 117 Å². The van der Waals surface area contributed by atoms with Gasteiger partial charge in [0.2, 0.25) is 0 Å². The second-order valence-electron chi connectivity index (χ2n) is 16.6. The van der Waals surface area contributed by atoms with E-state index in [4.69, 9.17) is 25.8 Å². The minimum absolute atomic E-state index is 0. The number of hydrogen-bond acceptors (Lipinski definition) is 6. The van der Waals surface area contributed by atoms with Crippen LogP contribution in [0.15, 0.2) is 72.8 Å². The summed E-state index contributed by atoms with van der Waals surface area (Å²) < 4.78 is 168. The third kappa shape index (κ3) is 15.5. The molecule has 0 unspecified atom stereocenters. The van der Waals surface area contributed by atoms with Crippen molar-refractivity contribution in [3.8, 4) is 11.5 Å². The van der Waals surface area contributed by atoms with Gasteiger partial charge in [-0.05, 0) is 149 Å². The number of alkyl halides is 13. The molecular formula is C45H47ClF12N2O6. The molecule has 21 heteroatoms. The van der Waals surface area contributed by atoms with E-state index in [1.807, 2.05) is 20.8 Å². The van der Waals surface area contributed by atoms with Gasteiger partial charge >= 0.3 is 36.9 Å². The number of amides is 2. The molecule has 0 fully saturated rings. The van der Waals surface area contributed by atoms with Gasteiger partial charge in [-0.3, -0.25) is 9.80 Å². The van der Waals surface area contributed by atoms with Crippen molar-refractivity contribution in [2.24, 2.45) is 0 Å². The van der Waals surface area contributed by atoms with Crippen LogP contribution in [-0.4, -0.2) is 41.6 Å². The summed E-state index contributed by atoms with van der Waals surface area (Å²) >= 11 is 5.24. The first kappa shape index (κ1) is 54.8. The van der Waals surface area contributed by atoms with E-state index < -0.39 is 76.7 Å². The van der Waals surface area contributed by atoms with Crippen LogP contribution in [0.1, 0.15) is 93.5 Å². The molecule has 2 aliphatic rings. The maximum Gasteiger partial charge on any atom is 0.416 e. The molecule has 2 amide bonds. The van der Waals surface area contributed by atoms with Crippen LogP contribution in [0.5, 0.6) is 11.5 Å². The highest BCUT2D eigenvalue weighted by Gasteiger charge is 2.38. The number of hydrogen-bond donors (Lipinski definition) is 1. The number of phenols is 1. The smallest absolute Gasteiger partial charge is 0.416 e. The average Bonchev–Trinajstić information content (AvgIpc) is 3.79. The SMILES string of the molecule is C.CC(C)(C)OC(=O)N1CCc2cc(O)ccc21.CC(C)(C)OC(=O)N1CCc2cc(OCc3cc(C(F)(F)F)cc(C(F)(F)F)c3)ccc21.FC(F)(F)c1cc(CCl)cc(C(F)(F)F)c1. The van der Waals surface area contributed by atoms with Gasteiger partial charge in [-0.1, -0.05) is 7.43 Å². The van der Waals surface area contributed by atoms with Crippen LogP contribution in [0.25, 0.3) is 0 Å². The van der Waals surface area contributed by atoms with Crippen LogP contribution in [0.4, 0.5) is 73.6 Å². The fourth-order valence-corrected chi connectivity index (χ4v) is 6.39. The van der Waals surface area contributed by atoms with Crippen LogP contribution in [-0.2, 0) is 59.5 Å². The molecule has 0 saturated carbocycles. The number of benzene rings is 4. The third-order valence-electron chi connectivity index (χ3n) is 8.99. The summed E-state index contributed by atoms with van der Waals surface area (Å²) in [5.41, 5.74) is -3.94. The maximum atomic E-state index is 13.0. The van der Waals surface area contributed by atoms with Crippen molar-refractivity contribution in [3.63, 3.8) is 0 Å². The van der Waals surface area contributed by atoms with E-state index in [0.29, 0.717) is 49.5 Å². The van der Waals surface area contributed by atoms with E-state index in [1.165, 1.54) is 11.0 Å². The number of halogens is 13. The Morgan fingerprint density at radius 2 is 0.924 bits per heavy atom. The molecule has 0 bridgehead atoms. The summed E-state index contributed by atoms with van der Waals surface area (Å²) in [7, 11) is 0. The van der Waals surface area contributed by atoms with Crippen molar-refractivity contribution in [1.29, 1.82) is 0 Å². The fraction of sp³-hybridized carbons (Fsp3) is 0.422. The van der Waals surface area contributed by atoms with Gasteiger partial charge in [-0.25, -0.2) is 9.59 Å². The number of ether oxygens (including phenoxy) is 3. The lowest BCUT2D eigenvalue weighted by Gasteiger charge is -2.24. The highest BCUT2D eigenvalue weighted by atomic mass is 35.5. The van der Waals surface area contributed by atoms with Crippen molar-refractivity contribution in [2.75, 3.05) is 22.9 Å². The van der Waals surface area contributed by atoms with Gasteiger partial charge in [0.15, 0.2) is 0 Å².